The molecule has 0 unspecified atom stereocenters. The second-order valence-electron chi connectivity index (χ2n) is 4.14. The van der Waals surface area contributed by atoms with Crippen molar-refractivity contribution in [3.8, 4) is 16.7 Å². The lowest BCUT2D eigenvalue weighted by Crippen LogP contribution is -2.18. The zero-order chi connectivity index (χ0) is 14.9. The maximum atomic E-state index is 5.69. The van der Waals surface area contributed by atoms with E-state index in [-0.39, 0.29) is 0 Å². The minimum absolute atomic E-state index is 0.521. The summed E-state index contributed by atoms with van der Waals surface area (Å²) in [4.78, 5) is 0. The van der Waals surface area contributed by atoms with Gasteiger partial charge in [0.2, 0.25) is 0 Å². The number of benzene rings is 1. The summed E-state index contributed by atoms with van der Waals surface area (Å²) >= 11 is 1.42. The summed E-state index contributed by atoms with van der Waals surface area (Å²) in [7, 11) is 1.68. The fourth-order valence-corrected chi connectivity index (χ4v) is 2.29. The zero-order valence-electron chi connectivity index (χ0n) is 12.2. The third-order valence-electron chi connectivity index (χ3n) is 2.53. The highest BCUT2D eigenvalue weighted by Gasteiger charge is 2.06. The molecular formula is C14H19N3O3S. The molecule has 2 rings (SSSR count). The molecule has 1 N–H and O–H groups in total. The molecule has 0 fully saturated rings. The molecule has 1 heterocycles. The lowest BCUT2D eigenvalue weighted by atomic mass is 10.3. The van der Waals surface area contributed by atoms with E-state index >= 15 is 0 Å². The number of nitrogens with one attached hydrogen (secondary N) is 1. The number of hydrogen-bond donors (Lipinski definition) is 1. The summed E-state index contributed by atoms with van der Waals surface area (Å²) in [6.45, 7) is 4.68. The van der Waals surface area contributed by atoms with Crippen molar-refractivity contribution in [2.45, 2.75) is 13.5 Å². The van der Waals surface area contributed by atoms with Gasteiger partial charge < -0.3 is 19.5 Å². The molecule has 2 aromatic rings. The molecule has 0 aliphatic rings. The Kier molecular flexibility index (Phi) is 6.39. The normalized spacial score (nSPS) is 10.6. The highest BCUT2D eigenvalue weighted by Crippen LogP contribution is 2.27. The summed E-state index contributed by atoms with van der Waals surface area (Å²) in [5.41, 5.74) is 0. The largest absolute Gasteiger partial charge is 0.494 e. The molecule has 0 amide bonds. The maximum Gasteiger partial charge on any atom is 0.299 e. The van der Waals surface area contributed by atoms with Crippen LogP contribution in [0.4, 0.5) is 0 Å². The molecule has 114 valence electrons. The summed E-state index contributed by atoms with van der Waals surface area (Å²) in [6.07, 6.45) is 0. The fraction of sp³-hybridized carbons (Fsp3) is 0.429. The molecule has 1 aromatic carbocycles. The number of aromatic nitrogens is 2. The van der Waals surface area contributed by atoms with Crippen LogP contribution in [0, 0.1) is 0 Å². The molecule has 1 aromatic heterocycles. The highest BCUT2D eigenvalue weighted by molar-refractivity contribution is 7.13. The topological polar surface area (TPSA) is 65.5 Å². The Balaban J connectivity index is 1.88. The van der Waals surface area contributed by atoms with E-state index in [9.17, 15) is 0 Å². The second-order valence-corrected chi connectivity index (χ2v) is 5.17. The van der Waals surface area contributed by atoms with E-state index < -0.39 is 0 Å². The van der Waals surface area contributed by atoms with Crippen molar-refractivity contribution in [3.05, 3.63) is 29.3 Å². The number of methoxy groups -OCH3 is 1. The van der Waals surface area contributed by atoms with E-state index in [1.54, 1.807) is 7.11 Å². The molecule has 0 bridgehead atoms. The van der Waals surface area contributed by atoms with E-state index in [1.165, 1.54) is 11.3 Å². The Morgan fingerprint density at radius 1 is 1.24 bits per heavy atom. The molecule has 0 atom stereocenters. The smallest absolute Gasteiger partial charge is 0.299 e. The molecule has 0 radical (unpaired) electrons. The maximum absolute atomic E-state index is 5.69. The van der Waals surface area contributed by atoms with Gasteiger partial charge in [-0.1, -0.05) is 22.5 Å². The van der Waals surface area contributed by atoms with Crippen molar-refractivity contribution in [2.75, 3.05) is 26.9 Å². The zero-order valence-corrected chi connectivity index (χ0v) is 13.0. The van der Waals surface area contributed by atoms with Crippen LogP contribution >= 0.6 is 11.3 Å². The van der Waals surface area contributed by atoms with Crippen LogP contribution < -0.4 is 14.8 Å². The second kappa shape index (κ2) is 8.56. The number of hydrogen-bond acceptors (Lipinski definition) is 7. The third-order valence-corrected chi connectivity index (χ3v) is 3.33. The molecule has 6 nitrogen and oxygen atoms in total. The molecule has 0 spiro atoms. The third kappa shape index (κ3) is 5.30. The molecular weight excluding hydrogens is 290 g/mol. The minimum atomic E-state index is 0.521. The average Bonchev–Trinajstić information content (AvgIpc) is 2.92. The minimum Gasteiger partial charge on any atom is -0.494 e. The predicted molar refractivity (Wildman–Crippen MR) is 81.2 cm³/mol. The van der Waals surface area contributed by atoms with Crippen LogP contribution in [0.2, 0.25) is 0 Å². The van der Waals surface area contributed by atoms with Gasteiger partial charge in [-0.25, -0.2) is 0 Å². The van der Waals surface area contributed by atoms with Gasteiger partial charge in [-0.3, -0.25) is 0 Å². The number of rotatable bonds is 9. The fourth-order valence-electron chi connectivity index (χ4n) is 1.62. The highest BCUT2D eigenvalue weighted by atomic mass is 32.1. The first-order valence-electron chi connectivity index (χ1n) is 6.74. The Bertz CT molecular complexity index is 548. The first-order chi connectivity index (χ1) is 10.3. The number of nitrogens with zero attached hydrogens (tertiary/aromatic N) is 2. The predicted octanol–water partition coefficient (Wildman–Crippen LogP) is 2.47. The van der Waals surface area contributed by atoms with Crippen molar-refractivity contribution >= 4 is 11.3 Å². The summed E-state index contributed by atoms with van der Waals surface area (Å²) in [6, 6.07) is 7.47. The van der Waals surface area contributed by atoms with E-state index in [1.807, 2.05) is 31.2 Å². The van der Waals surface area contributed by atoms with Crippen molar-refractivity contribution in [2.24, 2.45) is 0 Å². The Morgan fingerprint density at radius 2 is 2.10 bits per heavy atom. The van der Waals surface area contributed by atoms with Crippen molar-refractivity contribution in [3.63, 3.8) is 0 Å². The van der Waals surface area contributed by atoms with Crippen LogP contribution in [-0.2, 0) is 11.3 Å². The van der Waals surface area contributed by atoms with Crippen molar-refractivity contribution in [1.82, 2.24) is 15.5 Å². The van der Waals surface area contributed by atoms with Crippen LogP contribution in [-0.4, -0.2) is 37.1 Å². The lowest BCUT2D eigenvalue weighted by Gasteiger charge is -2.05. The summed E-state index contributed by atoms with van der Waals surface area (Å²) < 4.78 is 16.1. The van der Waals surface area contributed by atoms with Crippen LogP contribution in [0.25, 0.3) is 0 Å². The van der Waals surface area contributed by atoms with Gasteiger partial charge in [0, 0.05) is 26.3 Å². The van der Waals surface area contributed by atoms with Crippen LogP contribution in [0.15, 0.2) is 24.3 Å². The van der Waals surface area contributed by atoms with Crippen molar-refractivity contribution in [1.29, 1.82) is 0 Å². The standard InChI is InChI=1S/C14H19N3O3S/c1-3-19-11-5-4-6-12(9-11)20-14-17-16-13(21-14)10-15-7-8-18-2/h4-6,9,15H,3,7-8,10H2,1-2H3. The van der Waals surface area contributed by atoms with Crippen LogP contribution in [0.3, 0.4) is 0 Å². The summed E-state index contributed by atoms with van der Waals surface area (Å²) in [5, 5.41) is 12.7. The first-order valence-corrected chi connectivity index (χ1v) is 7.56. The van der Waals surface area contributed by atoms with Crippen LogP contribution in [0.5, 0.6) is 16.7 Å². The molecule has 0 aliphatic heterocycles. The van der Waals surface area contributed by atoms with Crippen molar-refractivity contribution < 1.29 is 14.2 Å². The first kappa shape index (κ1) is 15.7. The molecule has 21 heavy (non-hydrogen) atoms. The van der Waals surface area contributed by atoms with Crippen LogP contribution in [0.1, 0.15) is 11.9 Å². The van der Waals surface area contributed by atoms with Gasteiger partial charge in [-0.05, 0) is 19.1 Å². The lowest BCUT2D eigenvalue weighted by molar-refractivity contribution is 0.199. The van der Waals surface area contributed by atoms with Gasteiger partial charge in [0.05, 0.1) is 13.2 Å². The van der Waals surface area contributed by atoms with Gasteiger partial charge >= 0.3 is 0 Å². The Labute approximate surface area is 128 Å². The molecule has 0 aliphatic carbocycles. The SMILES string of the molecule is CCOc1cccc(Oc2nnc(CNCCOC)s2)c1. The monoisotopic (exact) mass is 309 g/mol. The van der Waals surface area contributed by atoms with E-state index in [2.05, 4.69) is 15.5 Å². The van der Waals surface area contributed by atoms with E-state index in [0.717, 1.165) is 17.3 Å². The summed E-state index contributed by atoms with van der Waals surface area (Å²) in [5.74, 6) is 1.47. The molecule has 0 saturated heterocycles. The van der Waals surface area contributed by atoms with Gasteiger partial charge in [-0.15, -0.1) is 5.10 Å². The average molecular weight is 309 g/mol. The number of ether oxygens (including phenoxy) is 3. The van der Waals surface area contributed by atoms with Gasteiger partial charge in [0.1, 0.15) is 16.5 Å². The van der Waals surface area contributed by atoms with Gasteiger partial charge in [0.15, 0.2) is 0 Å². The van der Waals surface area contributed by atoms with E-state index in [0.29, 0.717) is 30.7 Å². The quantitative estimate of drug-likeness (QED) is 0.718. The molecule has 0 saturated carbocycles. The van der Waals surface area contributed by atoms with Gasteiger partial charge in [0.25, 0.3) is 5.19 Å². The van der Waals surface area contributed by atoms with Gasteiger partial charge in [-0.2, -0.15) is 0 Å². The van der Waals surface area contributed by atoms with E-state index in [4.69, 9.17) is 14.2 Å². The molecule has 7 heteroatoms. The Hall–Kier alpha value is -1.70. The Morgan fingerprint density at radius 3 is 2.90 bits per heavy atom.